The van der Waals surface area contributed by atoms with Crippen LogP contribution in [0.5, 0.6) is 11.5 Å². The molecule has 0 aliphatic carbocycles. The van der Waals surface area contributed by atoms with Gasteiger partial charge in [-0.3, -0.25) is 5.41 Å². The molecule has 1 aromatic heterocycles. The van der Waals surface area contributed by atoms with Crippen molar-refractivity contribution >= 4 is 11.4 Å². The maximum Gasteiger partial charge on any atom is 0.124 e. The molecule has 8 heteroatoms. The molecule has 1 aliphatic rings. The lowest BCUT2D eigenvalue weighted by molar-refractivity contribution is 0.141. The summed E-state index contributed by atoms with van der Waals surface area (Å²) in [4.78, 5) is 0. The summed E-state index contributed by atoms with van der Waals surface area (Å²) in [5.41, 5.74) is 11.1. The second-order valence-corrected chi connectivity index (χ2v) is 7.97. The van der Waals surface area contributed by atoms with E-state index in [4.69, 9.17) is 25.4 Å². The third-order valence-electron chi connectivity index (χ3n) is 5.56. The summed E-state index contributed by atoms with van der Waals surface area (Å²) in [7, 11) is 0. The minimum absolute atomic E-state index is 0.0580. The number of nitrogens with two attached hydrogens (primary N) is 1. The maximum absolute atomic E-state index is 9.47. The molecule has 0 saturated carbocycles. The lowest BCUT2D eigenvalue weighted by Gasteiger charge is -2.15. The van der Waals surface area contributed by atoms with Gasteiger partial charge in [-0.2, -0.15) is 15.5 Å². The molecule has 8 nitrogen and oxygen atoms in total. The van der Waals surface area contributed by atoms with Gasteiger partial charge < -0.3 is 19.9 Å². The smallest absolute Gasteiger partial charge is 0.124 e. The summed E-state index contributed by atoms with van der Waals surface area (Å²) >= 11 is 0. The molecule has 1 saturated heterocycles. The Balaban J connectivity index is 1.58. The Morgan fingerprint density at radius 1 is 1.24 bits per heavy atom. The van der Waals surface area contributed by atoms with E-state index in [-0.39, 0.29) is 11.8 Å². The molecule has 3 aromatic rings. The average molecular weight is 444 g/mol. The van der Waals surface area contributed by atoms with Crippen LogP contribution in [0, 0.1) is 30.6 Å². The second kappa shape index (κ2) is 9.67. The Morgan fingerprint density at radius 2 is 2.09 bits per heavy atom. The summed E-state index contributed by atoms with van der Waals surface area (Å²) in [6.45, 7) is 5.35. The first kappa shape index (κ1) is 22.2. The zero-order chi connectivity index (χ0) is 23.4. The van der Waals surface area contributed by atoms with E-state index in [1.165, 1.54) is 0 Å². The molecule has 2 heterocycles. The number of hydrogen-bond donors (Lipinski definition) is 2. The molecular weight excluding hydrogens is 418 g/mol. The van der Waals surface area contributed by atoms with Gasteiger partial charge in [0, 0.05) is 28.8 Å². The lowest BCUT2D eigenvalue weighted by atomic mass is 9.98. The third-order valence-corrected chi connectivity index (χ3v) is 5.56. The fourth-order valence-electron chi connectivity index (χ4n) is 3.67. The molecule has 0 amide bonds. The van der Waals surface area contributed by atoms with Crippen LogP contribution in [-0.2, 0) is 11.3 Å². The number of nitrogens with one attached hydrogen (secondary N) is 1. The van der Waals surface area contributed by atoms with Gasteiger partial charge in [0.05, 0.1) is 42.4 Å². The molecule has 0 radical (unpaired) electrons. The van der Waals surface area contributed by atoms with Crippen LogP contribution in [0.15, 0.2) is 42.6 Å². The van der Waals surface area contributed by atoms with Crippen LogP contribution in [0.25, 0.3) is 0 Å². The molecule has 1 aliphatic heterocycles. The van der Waals surface area contributed by atoms with E-state index in [1.54, 1.807) is 42.6 Å². The van der Waals surface area contributed by atoms with E-state index >= 15 is 0 Å². The quantitative estimate of drug-likeness (QED) is 0.421. The highest BCUT2D eigenvalue weighted by Crippen LogP contribution is 2.27. The Kier molecular flexibility index (Phi) is 6.52. The highest BCUT2D eigenvalue weighted by Gasteiger charge is 2.19. The molecule has 0 spiro atoms. The van der Waals surface area contributed by atoms with Crippen LogP contribution in [0.2, 0.25) is 0 Å². The summed E-state index contributed by atoms with van der Waals surface area (Å²) in [5.74, 6) is 1.11. The van der Waals surface area contributed by atoms with E-state index in [2.05, 4.69) is 16.3 Å². The minimum atomic E-state index is -0.0580. The van der Waals surface area contributed by atoms with Crippen molar-refractivity contribution in [3.8, 4) is 17.6 Å². The summed E-state index contributed by atoms with van der Waals surface area (Å²) in [6.07, 6.45) is 2.44. The average Bonchev–Trinajstić information content (AvgIpc) is 3.32. The predicted octanol–water partition coefficient (Wildman–Crippen LogP) is 3.71. The van der Waals surface area contributed by atoms with Crippen LogP contribution >= 0.6 is 0 Å². The zero-order valence-electron chi connectivity index (χ0n) is 18.6. The fraction of sp³-hybridized carbons (Fsp3) is 0.280. The Bertz CT molecular complexity index is 1210. The minimum Gasteiger partial charge on any atom is -0.489 e. The third kappa shape index (κ3) is 5.10. The molecule has 1 fully saturated rings. The standard InChI is InChI=1S/C25H25N5O3/c1-15-12-29-30-16(2)23(15)14-32-19-3-4-24(27)22(10-19)25(28)18-7-17(11-26)8-21(9-18)33-20-5-6-31-13-20/h3-4,7-10,12,20,28H,5-6,13-14,27H2,1-2H3. The van der Waals surface area contributed by atoms with E-state index in [1.807, 2.05) is 13.8 Å². The molecule has 1 atom stereocenters. The first-order valence-corrected chi connectivity index (χ1v) is 10.6. The van der Waals surface area contributed by atoms with Gasteiger partial charge in [-0.15, -0.1) is 0 Å². The van der Waals surface area contributed by atoms with E-state index in [9.17, 15) is 5.26 Å². The summed E-state index contributed by atoms with van der Waals surface area (Å²) in [6, 6.07) is 12.4. The van der Waals surface area contributed by atoms with E-state index in [0.29, 0.717) is 53.7 Å². The van der Waals surface area contributed by atoms with Crippen LogP contribution in [0.4, 0.5) is 5.69 Å². The van der Waals surface area contributed by atoms with Crippen LogP contribution in [0.1, 0.15) is 39.9 Å². The second-order valence-electron chi connectivity index (χ2n) is 7.97. The predicted molar refractivity (Wildman–Crippen MR) is 124 cm³/mol. The molecule has 4 rings (SSSR count). The van der Waals surface area contributed by atoms with Crippen molar-refractivity contribution in [2.24, 2.45) is 0 Å². The first-order valence-electron chi connectivity index (χ1n) is 10.6. The largest absolute Gasteiger partial charge is 0.489 e. The molecule has 168 valence electrons. The Labute approximate surface area is 192 Å². The maximum atomic E-state index is 9.47. The zero-order valence-corrected chi connectivity index (χ0v) is 18.6. The lowest BCUT2D eigenvalue weighted by Crippen LogP contribution is -2.16. The molecule has 33 heavy (non-hydrogen) atoms. The number of anilines is 1. The molecule has 0 bridgehead atoms. The molecule has 1 unspecified atom stereocenters. The Hall–Kier alpha value is -3.96. The van der Waals surface area contributed by atoms with Crippen molar-refractivity contribution in [3.63, 3.8) is 0 Å². The SMILES string of the molecule is Cc1cnnc(C)c1COc1ccc(N)c(C(=N)c2cc(C#N)cc(OC3CCOC3)c2)c1. The highest BCUT2D eigenvalue weighted by molar-refractivity contribution is 6.14. The molecular formula is C25H25N5O3. The van der Waals surface area contributed by atoms with Gasteiger partial charge in [-0.05, 0) is 55.8 Å². The fourth-order valence-corrected chi connectivity index (χ4v) is 3.67. The van der Waals surface area contributed by atoms with Crippen molar-refractivity contribution < 1.29 is 14.2 Å². The van der Waals surface area contributed by atoms with Crippen molar-refractivity contribution in [3.05, 3.63) is 76.1 Å². The van der Waals surface area contributed by atoms with E-state index < -0.39 is 0 Å². The normalized spacial score (nSPS) is 15.1. The topological polar surface area (TPSA) is 127 Å². The number of hydrogen-bond acceptors (Lipinski definition) is 8. The number of nitriles is 1. The van der Waals surface area contributed by atoms with Crippen molar-refractivity contribution in [2.45, 2.75) is 33.0 Å². The van der Waals surface area contributed by atoms with Gasteiger partial charge in [0.2, 0.25) is 0 Å². The van der Waals surface area contributed by atoms with Crippen LogP contribution in [0.3, 0.4) is 0 Å². The van der Waals surface area contributed by atoms with Gasteiger partial charge in [0.1, 0.15) is 24.2 Å². The number of nitrogens with zero attached hydrogens (tertiary/aromatic N) is 3. The number of rotatable bonds is 7. The number of aromatic nitrogens is 2. The van der Waals surface area contributed by atoms with Gasteiger partial charge in [0.25, 0.3) is 0 Å². The van der Waals surface area contributed by atoms with Gasteiger partial charge in [-0.1, -0.05) is 0 Å². The Morgan fingerprint density at radius 3 is 2.82 bits per heavy atom. The monoisotopic (exact) mass is 443 g/mol. The number of aryl methyl sites for hydroxylation is 2. The van der Waals surface area contributed by atoms with Crippen molar-refractivity contribution in [1.82, 2.24) is 10.2 Å². The van der Waals surface area contributed by atoms with Crippen molar-refractivity contribution in [1.29, 1.82) is 10.7 Å². The summed E-state index contributed by atoms with van der Waals surface area (Å²) < 4.78 is 17.3. The van der Waals surface area contributed by atoms with E-state index in [0.717, 1.165) is 23.2 Å². The first-order chi connectivity index (χ1) is 15.9. The van der Waals surface area contributed by atoms with Gasteiger partial charge >= 0.3 is 0 Å². The van der Waals surface area contributed by atoms with Crippen LogP contribution in [-0.4, -0.2) is 35.2 Å². The van der Waals surface area contributed by atoms with Crippen LogP contribution < -0.4 is 15.2 Å². The van der Waals surface area contributed by atoms with Gasteiger partial charge in [-0.25, -0.2) is 0 Å². The van der Waals surface area contributed by atoms with Crippen molar-refractivity contribution in [2.75, 3.05) is 18.9 Å². The van der Waals surface area contributed by atoms with Gasteiger partial charge in [0.15, 0.2) is 0 Å². The summed E-state index contributed by atoms with van der Waals surface area (Å²) in [5, 5.41) is 26.3. The molecule has 3 N–H and O–H groups in total. The number of nitrogen functional groups attached to an aromatic ring is 1. The molecule has 2 aromatic carbocycles. The number of ether oxygens (including phenoxy) is 3. The highest BCUT2D eigenvalue weighted by atomic mass is 16.5. The number of benzene rings is 2.